The third kappa shape index (κ3) is 8.35. The molecule has 3 fully saturated rings. The van der Waals surface area contributed by atoms with E-state index in [-0.39, 0.29) is 60.8 Å². The molecule has 10 atom stereocenters. The minimum atomic E-state index is -3.46. The molecule has 0 spiro atoms. The second-order valence-corrected chi connectivity index (χ2v) is 15.4. The van der Waals surface area contributed by atoms with Gasteiger partial charge >= 0.3 is 0 Å². The van der Waals surface area contributed by atoms with Gasteiger partial charge in [-0.15, -0.1) is 0 Å². The SMILES string of the molecule is C=C1C[C@H](CCCO)O[C@H]1CCC1C[C@@H](C)C(=C)[C@@H](C[C@@H]2O[C@H](C[C@H](C)CC)[C@H](C)[C@H]2CS(=O)(=O)c2ccccc2)O1. The van der Waals surface area contributed by atoms with Crippen molar-refractivity contribution in [2.75, 3.05) is 12.4 Å². The van der Waals surface area contributed by atoms with Gasteiger partial charge in [-0.25, -0.2) is 8.42 Å². The Morgan fingerprint density at radius 2 is 1.69 bits per heavy atom. The largest absolute Gasteiger partial charge is 0.396 e. The molecular weight excluding hydrogens is 548 g/mol. The van der Waals surface area contributed by atoms with Gasteiger partial charge in [0, 0.05) is 18.9 Å². The first-order chi connectivity index (χ1) is 20.0. The van der Waals surface area contributed by atoms with Crippen LogP contribution in [0.3, 0.4) is 0 Å². The van der Waals surface area contributed by atoms with Crippen LogP contribution >= 0.6 is 0 Å². The molecule has 3 aliphatic rings. The molecule has 1 N–H and O–H groups in total. The van der Waals surface area contributed by atoms with Gasteiger partial charge in [0.2, 0.25) is 0 Å². The van der Waals surface area contributed by atoms with E-state index in [1.165, 1.54) is 0 Å². The Kier molecular flexibility index (Phi) is 11.9. The van der Waals surface area contributed by atoms with Crippen LogP contribution in [-0.4, -0.2) is 62.5 Å². The fourth-order valence-electron chi connectivity index (χ4n) is 7.11. The van der Waals surface area contributed by atoms with Crippen LogP contribution in [0.5, 0.6) is 0 Å². The third-order valence-corrected chi connectivity index (χ3v) is 12.0. The highest BCUT2D eigenvalue weighted by atomic mass is 32.2. The maximum absolute atomic E-state index is 13.5. The lowest BCUT2D eigenvalue weighted by atomic mass is 9.81. The zero-order valence-electron chi connectivity index (χ0n) is 26.2. The summed E-state index contributed by atoms with van der Waals surface area (Å²) in [4.78, 5) is 0.377. The summed E-state index contributed by atoms with van der Waals surface area (Å²) in [5.41, 5.74) is 2.23. The van der Waals surface area contributed by atoms with Crippen molar-refractivity contribution in [1.29, 1.82) is 0 Å². The van der Waals surface area contributed by atoms with Gasteiger partial charge in [0.15, 0.2) is 9.84 Å². The number of sulfone groups is 1. The van der Waals surface area contributed by atoms with E-state index in [0.717, 1.165) is 62.5 Å². The van der Waals surface area contributed by atoms with Crippen LogP contribution in [0.2, 0.25) is 0 Å². The lowest BCUT2D eigenvalue weighted by Crippen LogP contribution is -2.38. The maximum atomic E-state index is 13.5. The van der Waals surface area contributed by atoms with Crippen molar-refractivity contribution in [2.45, 2.75) is 127 Å². The van der Waals surface area contributed by atoms with Crippen LogP contribution in [0.15, 0.2) is 59.5 Å². The standard InChI is InChI=1S/C35H54O6S/c1-7-23(2)18-33-27(6)31(22-42(37,38)30-13-9-8-10-14-30)35(41-33)21-34-26(5)24(3)19-29(40-34)15-16-32-25(4)20-28(39-32)12-11-17-36/h8-10,13-14,23-24,27-29,31-36H,4-5,7,11-12,15-22H2,1-3,6H3/t23-,24-,27-,28+,29?,31-,32+,33-,34-,35+/m1/s1. The van der Waals surface area contributed by atoms with E-state index in [0.29, 0.717) is 23.2 Å². The summed E-state index contributed by atoms with van der Waals surface area (Å²) >= 11 is 0. The van der Waals surface area contributed by atoms with Crippen molar-refractivity contribution in [3.05, 3.63) is 54.6 Å². The normalized spacial score (nSPS) is 34.6. The molecule has 4 rings (SSSR count). The molecule has 1 aromatic rings. The summed E-state index contributed by atoms with van der Waals surface area (Å²) in [5.74, 6) is 0.944. The van der Waals surface area contributed by atoms with Crippen LogP contribution < -0.4 is 0 Å². The predicted octanol–water partition coefficient (Wildman–Crippen LogP) is 6.92. The Morgan fingerprint density at radius 1 is 0.976 bits per heavy atom. The van der Waals surface area contributed by atoms with Gasteiger partial charge in [-0.05, 0) is 86.0 Å². The van der Waals surface area contributed by atoms with Crippen molar-refractivity contribution in [3.63, 3.8) is 0 Å². The Hall–Kier alpha value is -1.51. The van der Waals surface area contributed by atoms with E-state index in [9.17, 15) is 8.42 Å². The monoisotopic (exact) mass is 602 g/mol. The van der Waals surface area contributed by atoms with Gasteiger partial charge in [-0.2, -0.15) is 0 Å². The molecule has 1 unspecified atom stereocenters. The van der Waals surface area contributed by atoms with E-state index in [1.54, 1.807) is 24.3 Å². The molecule has 0 amide bonds. The summed E-state index contributed by atoms with van der Waals surface area (Å²) in [6, 6.07) is 8.80. The summed E-state index contributed by atoms with van der Waals surface area (Å²) in [7, 11) is -3.46. The highest BCUT2D eigenvalue weighted by Gasteiger charge is 2.46. The first-order valence-corrected chi connectivity index (χ1v) is 17.9. The Morgan fingerprint density at radius 3 is 2.38 bits per heavy atom. The molecule has 1 aromatic carbocycles. The molecule has 236 valence electrons. The second kappa shape index (κ2) is 15.0. The van der Waals surface area contributed by atoms with Gasteiger partial charge in [-0.1, -0.05) is 65.5 Å². The Bertz CT molecular complexity index is 1130. The zero-order valence-corrected chi connectivity index (χ0v) is 27.1. The Balaban J connectivity index is 1.43. The lowest BCUT2D eigenvalue weighted by molar-refractivity contribution is -0.0737. The highest BCUT2D eigenvalue weighted by Crippen LogP contribution is 2.43. The van der Waals surface area contributed by atoms with E-state index in [1.807, 2.05) is 6.07 Å². The Labute approximate surface area is 254 Å². The highest BCUT2D eigenvalue weighted by molar-refractivity contribution is 7.91. The predicted molar refractivity (Wildman–Crippen MR) is 168 cm³/mol. The number of aliphatic hydroxyl groups excluding tert-OH is 1. The van der Waals surface area contributed by atoms with Crippen LogP contribution in [0.25, 0.3) is 0 Å². The van der Waals surface area contributed by atoms with E-state index < -0.39 is 9.84 Å². The van der Waals surface area contributed by atoms with E-state index in [4.69, 9.17) is 19.3 Å². The fourth-order valence-corrected chi connectivity index (χ4v) is 8.89. The minimum absolute atomic E-state index is 0.0373. The molecule has 6 nitrogen and oxygen atoms in total. The van der Waals surface area contributed by atoms with Crippen LogP contribution in [0, 0.1) is 23.7 Å². The number of benzene rings is 1. The average Bonchev–Trinajstić information content (AvgIpc) is 3.46. The summed E-state index contributed by atoms with van der Waals surface area (Å²) < 4.78 is 46.7. The molecular formula is C35H54O6S. The van der Waals surface area contributed by atoms with Gasteiger partial charge in [-0.3, -0.25) is 0 Å². The number of hydrogen-bond acceptors (Lipinski definition) is 6. The zero-order chi connectivity index (χ0) is 30.4. The number of ether oxygens (including phenoxy) is 3. The molecule has 0 bridgehead atoms. The first-order valence-electron chi connectivity index (χ1n) is 16.2. The molecule has 0 saturated carbocycles. The maximum Gasteiger partial charge on any atom is 0.178 e. The molecule has 7 heteroatoms. The number of rotatable bonds is 14. The first kappa shape index (κ1) is 33.4. The molecule has 42 heavy (non-hydrogen) atoms. The van der Waals surface area contributed by atoms with Crippen molar-refractivity contribution < 1.29 is 27.7 Å². The number of hydrogen-bond donors (Lipinski definition) is 1. The topological polar surface area (TPSA) is 82.1 Å². The van der Waals surface area contributed by atoms with Crippen molar-refractivity contribution in [1.82, 2.24) is 0 Å². The van der Waals surface area contributed by atoms with Crippen molar-refractivity contribution in [2.24, 2.45) is 23.7 Å². The van der Waals surface area contributed by atoms with Crippen LogP contribution in [0.4, 0.5) is 0 Å². The van der Waals surface area contributed by atoms with Crippen LogP contribution in [-0.2, 0) is 24.0 Å². The van der Waals surface area contributed by atoms with Gasteiger partial charge in [0.1, 0.15) is 0 Å². The molecule has 3 heterocycles. The average molecular weight is 603 g/mol. The summed E-state index contributed by atoms with van der Waals surface area (Å²) in [5, 5.41) is 9.17. The van der Waals surface area contributed by atoms with Crippen LogP contribution in [0.1, 0.15) is 85.5 Å². The second-order valence-electron chi connectivity index (χ2n) is 13.3. The number of aliphatic hydroxyl groups is 1. The smallest absolute Gasteiger partial charge is 0.178 e. The van der Waals surface area contributed by atoms with Gasteiger partial charge < -0.3 is 19.3 Å². The molecule has 0 aliphatic carbocycles. The summed E-state index contributed by atoms with van der Waals surface area (Å²) in [6.07, 6.45) is 7.77. The minimum Gasteiger partial charge on any atom is -0.396 e. The molecule has 3 aliphatic heterocycles. The molecule has 0 radical (unpaired) electrons. The van der Waals surface area contributed by atoms with E-state index in [2.05, 4.69) is 40.9 Å². The molecule has 3 saturated heterocycles. The fraction of sp³-hybridized carbons (Fsp3) is 0.714. The van der Waals surface area contributed by atoms with Crippen molar-refractivity contribution >= 4 is 9.84 Å². The van der Waals surface area contributed by atoms with Gasteiger partial charge in [0.05, 0.1) is 47.3 Å². The lowest BCUT2D eigenvalue weighted by Gasteiger charge is -2.38. The third-order valence-electron chi connectivity index (χ3n) is 10.1. The van der Waals surface area contributed by atoms with E-state index >= 15 is 0 Å². The quantitative estimate of drug-likeness (QED) is 0.233. The molecule has 0 aromatic heterocycles. The van der Waals surface area contributed by atoms with Gasteiger partial charge in [0.25, 0.3) is 0 Å². The van der Waals surface area contributed by atoms with Crippen molar-refractivity contribution in [3.8, 4) is 0 Å². The summed E-state index contributed by atoms with van der Waals surface area (Å²) in [6.45, 7) is 17.7.